The zero-order valence-corrected chi connectivity index (χ0v) is 16.0. The molecule has 0 atom stereocenters. The van der Waals surface area contributed by atoms with Crippen molar-refractivity contribution in [1.82, 2.24) is 20.6 Å². The molecule has 0 aliphatic carbocycles. The first-order valence-corrected chi connectivity index (χ1v) is 9.06. The van der Waals surface area contributed by atoms with Crippen molar-refractivity contribution in [1.29, 1.82) is 0 Å². The number of fused-ring (bicyclic) bond motifs is 1. The van der Waals surface area contributed by atoms with Crippen LogP contribution in [-0.2, 0) is 6.54 Å². The third kappa shape index (κ3) is 3.43. The lowest BCUT2D eigenvalue weighted by molar-refractivity contribution is 0.0951. The molecular weight excluding hydrogens is 348 g/mol. The molecule has 3 aromatic rings. The maximum absolute atomic E-state index is 12.7. The van der Waals surface area contributed by atoms with E-state index in [0.717, 1.165) is 27.0 Å². The number of hydrogen-bond donors (Lipinski definition) is 2. The molecule has 0 aliphatic rings. The summed E-state index contributed by atoms with van der Waals surface area (Å²) in [5, 5.41) is 6.47. The molecule has 2 amide bonds. The zero-order valence-electron chi connectivity index (χ0n) is 15.1. The van der Waals surface area contributed by atoms with Gasteiger partial charge in [0.25, 0.3) is 11.8 Å². The summed E-state index contributed by atoms with van der Waals surface area (Å²) < 4.78 is 0. The predicted octanol–water partition coefficient (Wildman–Crippen LogP) is 2.91. The molecule has 3 rings (SSSR count). The van der Waals surface area contributed by atoms with E-state index in [2.05, 4.69) is 20.6 Å². The summed E-state index contributed by atoms with van der Waals surface area (Å²) in [4.78, 5) is 34.7. The Kier molecular flexibility index (Phi) is 4.99. The number of aryl methyl sites for hydroxylation is 3. The molecule has 0 bridgehead atoms. The topological polar surface area (TPSA) is 84.0 Å². The minimum absolute atomic E-state index is 0.145. The van der Waals surface area contributed by atoms with Crippen LogP contribution < -0.4 is 10.6 Å². The quantitative estimate of drug-likeness (QED) is 0.742. The first-order chi connectivity index (χ1) is 12.4. The van der Waals surface area contributed by atoms with E-state index >= 15 is 0 Å². The highest BCUT2D eigenvalue weighted by Crippen LogP contribution is 2.31. The molecule has 0 aliphatic heterocycles. The number of rotatable bonds is 4. The van der Waals surface area contributed by atoms with E-state index in [1.54, 1.807) is 25.2 Å². The summed E-state index contributed by atoms with van der Waals surface area (Å²) in [7, 11) is 1.59. The maximum atomic E-state index is 12.7. The number of carbonyl (C=O) groups excluding carboxylic acids is 2. The first-order valence-electron chi connectivity index (χ1n) is 8.24. The summed E-state index contributed by atoms with van der Waals surface area (Å²) in [6.45, 7) is 6.05. The standard InChI is InChI=1S/C19H20N4O2S/c1-10-15-11(2)22-12(3)23-19(15)26-16(10)18(25)21-9-13-6-5-7-14(8-13)17(24)20-4/h5-8H,9H2,1-4H3,(H,20,24)(H,21,25). The van der Waals surface area contributed by atoms with E-state index in [4.69, 9.17) is 0 Å². The first kappa shape index (κ1) is 18.0. The van der Waals surface area contributed by atoms with Crippen molar-refractivity contribution in [2.75, 3.05) is 7.05 Å². The Labute approximate surface area is 155 Å². The maximum Gasteiger partial charge on any atom is 0.261 e. The lowest BCUT2D eigenvalue weighted by Gasteiger charge is -2.07. The van der Waals surface area contributed by atoms with Crippen LogP contribution in [0.4, 0.5) is 0 Å². The van der Waals surface area contributed by atoms with E-state index < -0.39 is 0 Å². The average Bonchev–Trinajstić information content (AvgIpc) is 2.95. The highest BCUT2D eigenvalue weighted by molar-refractivity contribution is 7.20. The van der Waals surface area contributed by atoms with Crippen molar-refractivity contribution >= 4 is 33.4 Å². The second kappa shape index (κ2) is 7.21. The second-order valence-electron chi connectivity index (χ2n) is 6.05. The molecule has 0 saturated heterocycles. The third-order valence-electron chi connectivity index (χ3n) is 4.16. The van der Waals surface area contributed by atoms with E-state index in [1.165, 1.54) is 11.3 Å². The molecule has 0 spiro atoms. The van der Waals surface area contributed by atoms with E-state index in [0.29, 0.717) is 22.8 Å². The minimum Gasteiger partial charge on any atom is -0.355 e. The molecular formula is C19H20N4O2S. The fourth-order valence-corrected chi connectivity index (χ4v) is 4.11. The lowest BCUT2D eigenvalue weighted by atomic mass is 10.1. The molecule has 6 nitrogen and oxygen atoms in total. The fraction of sp³-hybridized carbons (Fsp3) is 0.263. The largest absolute Gasteiger partial charge is 0.355 e. The van der Waals surface area contributed by atoms with Gasteiger partial charge in [0.2, 0.25) is 0 Å². The Morgan fingerprint density at radius 3 is 2.62 bits per heavy atom. The number of aromatic nitrogens is 2. The Hall–Kier alpha value is -2.80. The van der Waals surface area contributed by atoms with Gasteiger partial charge >= 0.3 is 0 Å². The molecule has 7 heteroatoms. The van der Waals surface area contributed by atoms with Crippen molar-refractivity contribution in [3.05, 3.63) is 57.4 Å². The molecule has 2 heterocycles. The summed E-state index contributed by atoms with van der Waals surface area (Å²) in [5.41, 5.74) is 3.22. The minimum atomic E-state index is -0.150. The van der Waals surface area contributed by atoms with E-state index in [-0.39, 0.29) is 11.8 Å². The van der Waals surface area contributed by atoms with Gasteiger partial charge in [-0.1, -0.05) is 12.1 Å². The third-order valence-corrected chi connectivity index (χ3v) is 5.34. The molecule has 134 valence electrons. The number of amides is 2. The summed E-state index contributed by atoms with van der Waals surface area (Å²) in [6.07, 6.45) is 0. The molecule has 2 aromatic heterocycles. The number of hydrogen-bond acceptors (Lipinski definition) is 5. The lowest BCUT2D eigenvalue weighted by Crippen LogP contribution is -2.23. The van der Waals surface area contributed by atoms with Crippen LogP contribution in [0.3, 0.4) is 0 Å². The zero-order chi connectivity index (χ0) is 18.8. The second-order valence-corrected chi connectivity index (χ2v) is 7.05. The molecule has 0 saturated carbocycles. The number of thiophene rings is 1. The molecule has 1 aromatic carbocycles. The Morgan fingerprint density at radius 1 is 1.12 bits per heavy atom. The van der Waals surface area contributed by atoms with Gasteiger partial charge in [0.05, 0.1) is 4.88 Å². The molecule has 2 N–H and O–H groups in total. The van der Waals surface area contributed by atoms with Crippen LogP contribution in [0.1, 0.15) is 42.7 Å². The number of benzene rings is 1. The van der Waals surface area contributed by atoms with Gasteiger partial charge in [-0.25, -0.2) is 9.97 Å². The van der Waals surface area contributed by atoms with Crippen molar-refractivity contribution in [3.63, 3.8) is 0 Å². The molecule has 0 radical (unpaired) electrons. The Bertz CT molecular complexity index is 1010. The predicted molar refractivity (Wildman–Crippen MR) is 103 cm³/mol. The van der Waals surface area contributed by atoms with E-state index in [9.17, 15) is 9.59 Å². The van der Waals surface area contributed by atoms with Gasteiger partial charge in [-0.2, -0.15) is 0 Å². The molecule has 0 unspecified atom stereocenters. The summed E-state index contributed by atoms with van der Waals surface area (Å²) in [5.74, 6) is 0.407. The van der Waals surface area contributed by atoms with Crippen LogP contribution in [-0.4, -0.2) is 28.8 Å². The number of nitrogens with one attached hydrogen (secondary N) is 2. The van der Waals surface area contributed by atoms with Crippen LogP contribution in [0.5, 0.6) is 0 Å². The van der Waals surface area contributed by atoms with Gasteiger partial charge in [0, 0.05) is 30.2 Å². The van der Waals surface area contributed by atoms with Crippen molar-refractivity contribution in [3.8, 4) is 0 Å². The molecule has 0 fully saturated rings. The highest BCUT2D eigenvalue weighted by Gasteiger charge is 2.18. The van der Waals surface area contributed by atoms with Crippen LogP contribution in [0.25, 0.3) is 10.2 Å². The highest BCUT2D eigenvalue weighted by atomic mass is 32.1. The van der Waals surface area contributed by atoms with Crippen LogP contribution >= 0.6 is 11.3 Å². The summed E-state index contributed by atoms with van der Waals surface area (Å²) >= 11 is 1.38. The molecule has 26 heavy (non-hydrogen) atoms. The van der Waals surface area contributed by atoms with Crippen LogP contribution in [0, 0.1) is 20.8 Å². The average molecular weight is 368 g/mol. The van der Waals surface area contributed by atoms with Crippen molar-refractivity contribution in [2.24, 2.45) is 0 Å². The Morgan fingerprint density at radius 2 is 1.88 bits per heavy atom. The smallest absolute Gasteiger partial charge is 0.261 e. The number of carbonyl (C=O) groups is 2. The number of nitrogens with zero attached hydrogens (tertiary/aromatic N) is 2. The SMILES string of the molecule is CNC(=O)c1cccc(CNC(=O)c2sc3nc(C)nc(C)c3c2C)c1. The Balaban J connectivity index is 1.81. The van der Waals surface area contributed by atoms with Gasteiger partial charge < -0.3 is 10.6 Å². The normalized spacial score (nSPS) is 10.8. The van der Waals surface area contributed by atoms with Gasteiger partial charge in [0.1, 0.15) is 10.7 Å². The van der Waals surface area contributed by atoms with Crippen LogP contribution in [0.2, 0.25) is 0 Å². The van der Waals surface area contributed by atoms with Crippen LogP contribution in [0.15, 0.2) is 24.3 Å². The van der Waals surface area contributed by atoms with Gasteiger partial charge in [-0.3, -0.25) is 9.59 Å². The van der Waals surface area contributed by atoms with Gasteiger partial charge in [-0.05, 0) is 44.0 Å². The van der Waals surface area contributed by atoms with Crippen molar-refractivity contribution in [2.45, 2.75) is 27.3 Å². The van der Waals surface area contributed by atoms with Gasteiger partial charge in [0.15, 0.2) is 0 Å². The van der Waals surface area contributed by atoms with Gasteiger partial charge in [-0.15, -0.1) is 11.3 Å². The fourth-order valence-electron chi connectivity index (χ4n) is 2.92. The summed E-state index contributed by atoms with van der Waals surface area (Å²) in [6, 6.07) is 7.20. The van der Waals surface area contributed by atoms with Crippen molar-refractivity contribution < 1.29 is 9.59 Å². The van der Waals surface area contributed by atoms with E-state index in [1.807, 2.05) is 26.8 Å². The monoisotopic (exact) mass is 368 g/mol.